The van der Waals surface area contributed by atoms with Crippen molar-refractivity contribution in [3.63, 3.8) is 0 Å². The molecule has 1 heterocycles. The summed E-state index contributed by atoms with van der Waals surface area (Å²) >= 11 is 0. The number of epoxide rings is 1. The summed E-state index contributed by atoms with van der Waals surface area (Å²) in [5.41, 5.74) is -0.334. The van der Waals surface area contributed by atoms with Crippen molar-refractivity contribution in [1.29, 1.82) is 0 Å². The van der Waals surface area contributed by atoms with Crippen molar-refractivity contribution in [2.24, 2.45) is 0 Å². The van der Waals surface area contributed by atoms with Crippen LogP contribution in [0.3, 0.4) is 0 Å². The zero-order valence-corrected chi connectivity index (χ0v) is 10.1. The molecule has 1 unspecified atom stereocenters. The zero-order chi connectivity index (χ0) is 9.95. The molecule has 0 aromatic carbocycles. The molecule has 0 aliphatic carbocycles. The summed E-state index contributed by atoms with van der Waals surface area (Å²) in [5, 5.41) is 0. The molecule has 0 radical (unpaired) electrons. The molecule has 0 N–H and O–H groups in total. The lowest BCUT2D eigenvalue weighted by Gasteiger charge is -2.28. The molecular weight excluding hydrogens is 184 g/mol. The highest BCUT2D eigenvalue weighted by Gasteiger charge is 2.61. The van der Waals surface area contributed by atoms with Gasteiger partial charge in [-0.1, -0.05) is 6.92 Å². The van der Waals surface area contributed by atoms with E-state index in [9.17, 15) is 0 Å². The zero-order valence-electron chi connectivity index (χ0n) is 9.05. The minimum absolute atomic E-state index is 0.334. The van der Waals surface area contributed by atoms with Gasteiger partial charge in [-0.05, 0) is 26.4 Å². The van der Waals surface area contributed by atoms with Crippen molar-refractivity contribution >= 4 is 8.32 Å². The van der Waals surface area contributed by atoms with Crippen LogP contribution in [0.15, 0.2) is 0 Å². The second-order valence-electron chi connectivity index (χ2n) is 3.83. The van der Waals surface area contributed by atoms with E-state index in [-0.39, 0.29) is 5.41 Å². The monoisotopic (exact) mass is 204 g/mol. The molecule has 0 aromatic heterocycles. The van der Waals surface area contributed by atoms with E-state index in [1.807, 2.05) is 6.92 Å². The van der Waals surface area contributed by atoms with E-state index in [2.05, 4.69) is 20.0 Å². The quantitative estimate of drug-likeness (QED) is 0.489. The van der Waals surface area contributed by atoms with Gasteiger partial charge in [0, 0.05) is 13.2 Å². The average Bonchev–Trinajstić information content (AvgIpc) is 2.81. The fourth-order valence-electron chi connectivity index (χ4n) is 1.41. The maximum absolute atomic E-state index is 5.74. The van der Waals surface area contributed by atoms with Crippen LogP contribution in [-0.4, -0.2) is 33.5 Å². The molecule has 1 fully saturated rings. The molecule has 1 aliphatic heterocycles. The van der Waals surface area contributed by atoms with Gasteiger partial charge in [-0.2, -0.15) is 0 Å². The molecule has 1 saturated heterocycles. The minimum Gasteiger partial charge on any atom is -0.411 e. The normalized spacial score (nSPS) is 27.7. The van der Waals surface area contributed by atoms with E-state index in [4.69, 9.17) is 13.9 Å². The highest BCUT2D eigenvalue weighted by molar-refractivity contribution is 6.74. The molecule has 0 saturated carbocycles. The van der Waals surface area contributed by atoms with Crippen molar-refractivity contribution in [3.05, 3.63) is 0 Å². The van der Waals surface area contributed by atoms with E-state index in [0.717, 1.165) is 19.6 Å². The van der Waals surface area contributed by atoms with Gasteiger partial charge in [0.1, 0.15) is 6.61 Å². The first kappa shape index (κ1) is 11.2. The molecule has 3 nitrogen and oxygen atoms in total. The third-order valence-corrected chi connectivity index (χ3v) is 5.65. The Morgan fingerprint density at radius 1 is 1.38 bits per heavy atom. The molecule has 1 aliphatic rings. The van der Waals surface area contributed by atoms with Crippen LogP contribution in [-0.2, 0) is 13.9 Å². The molecule has 1 rings (SSSR count). The fourth-order valence-corrected chi connectivity index (χ4v) is 3.57. The minimum atomic E-state index is -1.80. The number of hydrogen-bond acceptors (Lipinski definition) is 3. The second-order valence-corrected chi connectivity index (χ2v) is 7.90. The molecule has 13 heavy (non-hydrogen) atoms. The first-order valence-corrected chi connectivity index (χ1v) is 7.90. The Hall–Kier alpha value is 0.0969. The first-order valence-electron chi connectivity index (χ1n) is 5.00. The Balaban J connectivity index is 2.47. The molecule has 0 amide bonds. The van der Waals surface area contributed by atoms with Crippen LogP contribution in [0.2, 0.25) is 13.1 Å². The number of ether oxygens (including phenoxy) is 2. The highest BCUT2D eigenvalue weighted by atomic mass is 28.4. The van der Waals surface area contributed by atoms with E-state index in [1.54, 1.807) is 0 Å². The van der Waals surface area contributed by atoms with Gasteiger partial charge in [0.15, 0.2) is 0 Å². The van der Waals surface area contributed by atoms with Crippen LogP contribution in [0.25, 0.3) is 0 Å². The SMILES string of the molecule is CCCOC1([Si](C)(C)OCC)CO1. The van der Waals surface area contributed by atoms with Gasteiger partial charge in [-0.3, -0.25) is 0 Å². The molecular formula is C9H20O3Si. The molecule has 0 bridgehead atoms. The molecule has 1 atom stereocenters. The topological polar surface area (TPSA) is 31.0 Å². The van der Waals surface area contributed by atoms with E-state index < -0.39 is 8.32 Å². The summed E-state index contributed by atoms with van der Waals surface area (Å²) in [6.45, 7) is 10.7. The van der Waals surface area contributed by atoms with E-state index in [1.165, 1.54) is 0 Å². The van der Waals surface area contributed by atoms with Gasteiger partial charge in [0.05, 0.1) is 0 Å². The largest absolute Gasteiger partial charge is 0.411 e. The third-order valence-electron chi connectivity index (χ3n) is 2.37. The Morgan fingerprint density at radius 2 is 2.00 bits per heavy atom. The Labute approximate surface area is 81.5 Å². The summed E-state index contributed by atoms with van der Waals surface area (Å²) in [6, 6.07) is 0. The summed E-state index contributed by atoms with van der Waals surface area (Å²) < 4.78 is 16.9. The van der Waals surface area contributed by atoms with E-state index >= 15 is 0 Å². The first-order chi connectivity index (χ1) is 6.08. The summed E-state index contributed by atoms with van der Waals surface area (Å²) in [6.07, 6.45) is 1.03. The van der Waals surface area contributed by atoms with Crippen molar-refractivity contribution in [2.45, 2.75) is 38.8 Å². The highest BCUT2D eigenvalue weighted by Crippen LogP contribution is 2.38. The van der Waals surface area contributed by atoms with Crippen molar-refractivity contribution in [1.82, 2.24) is 0 Å². The van der Waals surface area contributed by atoms with E-state index in [0.29, 0.717) is 6.61 Å². The van der Waals surface area contributed by atoms with Gasteiger partial charge >= 0.3 is 0 Å². The maximum atomic E-state index is 5.74. The van der Waals surface area contributed by atoms with Crippen LogP contribution in [0.5, 0.6) is 0 Å². The lowest BCUT2D eigenvalue weighted by molar-refractivity contribution is -0.00477. The van der Waals surface area contributed by atoms with Crippen molar-refractivity contribution in [3.8, 4) is 0 Å². The van der Waals surface area contributed by atoms with Crippen LogP contribution in [0.1, 0.15) is 20.3 Å². The Bertz CT molecular complexity index is 166. The van der Waals surface area contributed by atoms with Gasteiger partial charge < -0.3 is 13.9 Å². The summed E-state index contributed by atoms with van der Waals surface area (Å²) in [4.78, 5) is 0. The second kappa shape index (κ2) is 4.08. The van der Waals surface area contributed by atoms with Gasteiger partial charge in [-0.25, -0.2) is 0 Å². The average molecular weight is 204 g/mol. The molecule has 4 heteroatoms. The smallest absolute Gasteiger partial charge is 0.254 e. The van der Waals surface area contributed by atoms with Crippen LogP contribution >= 0.6 is 0 Å². The summed E-state index contributed by atoms with van der Waals surface area (Å²) in [5.74, 6) is 0. The fraction of sp³-hybridized carbons (Fsp3) is 1.00. The Morgan fingerprint density at radius 3 is 2.38 bits per heavy atom. The van der Waals surface area contributed by atoms with Crippen molar-refractivity contribution < 1.29 is 13.9 Å². The maximum Gasteiger partial charge on any atom is 0.254 e. The standard InChI is InChI=1S/C9H20O3Si/c1-5-7-10-9(8-11-9)13(3,4)12-6-2/h5-8H2,1-4H3. The lowest BCUT2D eigenvalue weighted by atomic mass is 10.5. The van der Waals surface area contributed by atoms with Crippen LogP contribution < -0.4 is 0 Å². The Kier molecular flexibility index (Phi) is 3.51. The molecule has 0 spiro atoms. The van der Waals surface area contributed by atoms with Crippen LogP contribution in [0, 0.1) is 0 Å². The van der Waals surface area contributed by atoms with Crippen LogP contribution in [0.4, 0.5) is 0 Å². The molecule has 0 aromatic rings. The predicted molar refractivity (Wildman–Crippen MR) is 54.0 cm³/mol. The van der Waals surface area contributed by atoms with Gasteiger partial charge in [0.2, 0.25) is 5.41 Å². The van der Waals surface area contributed by atoms with Gasteiger partial charge in [0.25, 0.3) is 8.32 Å². The number of hydrogen-bond donors (Lipinski definition) is 0. The summed E-state index contributed by atoms with van der Waals surface area (Å²) in [7, 11) is -1.80. The van der Waals surface area contributed by atoms with Crippen molar-refractivity contribution in [2.75, 3.05) is 19.8 Å². The molecule has 78 valence electrons. The lowest BCUT2D eigenvalue weighted by Crippen LogP contribution is -2.50. The third kappa shape index (κ3) is 2.31. The predicted octanol–water partition coefficient (Wildman–Crippen LogP) is 1.92. The van der Waals surface area contributed by atoms with Gasteiger partial charge in [-0.15, -0.1) is 0 Å². The number of rotatable bonds is 6.